The van der Waals surface area contributed by atoms with Gasteiger partial charge < -0.3 is 10.2 Å². The van der Waals surface area contributed by atoms with Gasteiger partial charge in [-0.25, -0.2) is 4.98 Å². The summed E-state index contributed by atoms with van der Waals surface area (Å²) >= 11 is 7.48. The summed E-state index contributed by atoms with van der Waals surface area (Å²) in [6.45, 7) is 6.36. The Balaban J connectivity index is 2.02. The van der Waals surface area contributed by atoms with Gasteiger partial charge in [0.2, 0.25) is 11.8 Å². The first-order valence-electron chi connectivity index (χ1n) is 10.8. The number of halogens is 1. The molecule has 168 valence electrons. The minimum atomic E-state index is -0.574. The number of carbonyl (C=O) groups is 2. The van der Waals surface area contributed by atoms with Crippen LogP contribution in [0.25, 0.3) is 0 Å². The van der Waals surface area contributed by atoms with Gasteiger partial charge in [0.05, 0.1) is 6.04 Å². The van der Waals surface area contributed by atoms with E-state index in [9.17, 15) is 9.59 Å². The third-order valence-electron chi connectivity index (χ3n) is 5.49. The van der Waals surface area contributed by atoms with E-state index in [1.165, 1.54) is 0 Å². The number of rotatable bonds is 10. The first-order chi connectivity index (χ1) is 14.9. The average molecular weight is 462 g/mol. The number of hydrogen-bond donors (Lipinski definition) is 1. The molecule has 1 aromatic heterocycles. The molecule has 1 fully saturated rings. The van der Waals surface area contributed by atoms with Crippen molar-refractivity contribution in [3.8, 4) is 12.3 Å². The highest BCUT2D eigenvalue weighted by Gasteiger charge is 2.37. The van der Waals surface area contributed by atoms with Gasteiger partial charge in [0.25, 0.3) is 0 Å². The van der Waals surface area contributed by atoms with E-state index >= 15 is 0 Å². The standard InChI is InChI=1S/C24H32ClN3O2S/c1-5-6-7-9-19(16-25)12-11-18(4)22(29)27-21(17(2)3)24(30)28-14-8-10-20(28)23-26-13-15-31-23/h1,11,13,15-17,20-21H,6-10,12,14H2,2-4H3,(H,27,29). The Kier molecular flexibility index (Phi) is 10.3. The smallest absolute Gasteiger partial charge is 0.247 e. The molecule has 2 atom stereocenters. The molecule has 0 saturated carbocycles. The molecule has 0 spiro atoms. The molecule has 0 radical (unpaired) electrons. The van der Waals surface area contributed by atoms with Crippen LogP contribution >= 0.6 is 22.9 Å². The Hall–Kier alpha value is -2.10. The Morgan fingerprint density at radius 1 is 1.48 bits per heavy atom. The van der Waals surface area contributed by atoms with Crippen LogP contribution in [0.3, 0.4) is 0 Å². The number of aromatic nitrogens is 1. The van der Waals surface area contributed by atoms with E-state index in [-0.39, 0.29) is 23.8 Å². The van der Waals surface area contributed by atoms with Gasteiger partial charge in [-0.2, -0.15) is 0 Å². The SMILES string of the molecule is C#CCCCC(=CCl)CC=C(C)C(=O)NC(C(=O)N1CCCC1c1nccs1)C(C)C. The second-order valence-electron chi connectivity index (χ2n) is 8.17. The third kappa shape index (κ3) is 7.22. The van der Waals surface area contributed by atoms with E-state index in [4.69, 9.17) is 18.0 Å². The summed E-state index contributed by atoms with van der Waals surface area (Å²) in [5, 5.41) is 5.85. The van der Waals surface area contributed by atoms with Gasteiger partial charge >= 0.3 is 0 Å². The van der Waals surface area contributed by atoms with Crippen LogP contribution < -0.4 is 5.32 Å². The summed E-state index contributed by atoms with van der Waals surface area (Å²) in [5.41, 5.74) is 3.17. The molecule has 5 nitrogen and oxygen atoms in total. The van der Waals surface area contributed by atoms with Crippen LogP contribution in [0.15, 0.2) is 34.3 Å². The molecule has 2 unspecified atom stereocenters. The summed E-state index contributed by atoms with van der Waals surface area (Å²) in [4.78, 5) is 32.4. The predicted octanol–water partition coefficient (Wildman–Crippen LogP) is 5.21. The van der Waals surface area contributed by atoms with Gasteiger partial charge in [0, 0.05) is 35.7 Å². The third-order valence-corrected chi connectivity index (χ3v) is 6.68. The van der Waals surface area contributed by atoms with Crippen LogP contribution in [0.5, 0.6) is 0 Å². The quantitative estimate of drug-likeness (QED) is 0.295. The Labute approximate surface area is 195 Å². The maximum atomic E-state index is 13.3. The van der Waals surface area contributed by atoms with Crippen molar-refractivity contribution in [2.24, 2.45) is 5.92 Å². The van der Waals surface area contributed by atoms with Crippen molar-refractivity contribution < 1.29 is 9.59 Å². The lowest BCUT2D eigenvalue weighted by molar-refractivity contribution is -0.137. The van der Waals surface area contributed by atoms with Gasteiger partial charge in [0.15, 0.2) is 0 Å². The van der Waals surface area contributed by atoms with Gasteiger partial charge in [-0.1, -0.05) is 37.1 Å². The monoisotopic (exact) mass is 461 g/mol. The van der Waals surface area contributed by atoms with Crippen molar-refractivity contribution >= 4 is 34.8 Å². The van der Waals surface area contributed by atoms with Crippen molar-refractivity contribution in [1.82, 2.24) is 15.2 Å². The zero-order valence-corrected chi connectivity index (χ0v) is 20.1. The topological polar surface area (TPSA) is 62.3 Å². The van der Waals surface area contributed by atoms with Crippen LogP contribution in [-0.2, 0) is 9.59 Å². The van der Waals surface area contributed by atoms with Crippen molar-refractivity contribution in [1.29, 1.82) is 0 Å². The van der Waals surface area contributed by atoms with Crippen molar-refractivity contribution in [2.45, 2.75) is 71.4 Å². The van der Waals surface area contributed by atoms with Crippen molar-refractivity contribution in [3.63, 3.8) is 0 Å². The molecule has 2 rings (SSSR count). The van der Waals surface area contributed by atoms with Gasteiger partial charge in [-0.3, -0.25) is 9.59 Å². The maximum absolute atomic E-state index is 13.3. The number of terminal acetylenes is 1. The van der Waals surface area contributed by atoms with Crippen LogP contribution in [0, 0.1) is 18.3 Å². The highest BCUT2D eigenvalue weighted by atomic mass is 35.5. The molecular weight excluding hydrogens is 430 g/mol. The lowest BCUT2D eigenvalue weighted by Gasteiger charge is -2.30. The molecule has 31 heavy (non-hydrogen) atoms. The molecule has 0 aromatic carbocycles. The fraction of sp³-hybridized carbons (Fsp3) is 0.542. The number of nitrogens with one attached hydrogen (secondary N) is 1. The second kappa shape index (κ2) is 12.7. The number of thiazole rings is 1. The number of unbranched alkanes of at least 4 members (excludes halogenated alkanes) is 1. The zero-order chi connectivity index (χ0) is 22.8. The van der Waals surface area contributed by atoms with Crippen molar-refractivity contribution in [3.05, 3.63) is 39.3 Å². The molecule has 0 bridgehead atoms. The van der Waals surface area contributed by atoms with Crippen LogP contribution in [0.1, 0.15) is 70.3 Å². The average Bonchev–Trinajstić information content (AvgIpc) is 3.44. The Morgan fingerprint density at radius 2 is 2.26 bits per heavy atom. The number of nitrogens with zero attached hydrogens (tertiary/aromatic N) is 2. The van der Waals surface area contributed by atoms with E-state index in [1.54, 1.807) is 30.0 Å². The second-order valence-corrected chi connectivity index (χ2v) is 9.32. The molecule has 2 heterocycles. The van der Waals surface area contributed by atoms with Crippen LogP contribution in [0.2, 0.25) is 0 Å². The van der Waals surface area contributed by atoms with Gasteiger partial charge in [0.1, 0.15) is 11.0 Å². The molecule has 2 amide bonds. The summed E-state index contributed by atoms with van der Waals surface area (Å²) < 4.78 is 0. The molecule has 1 aliphatic heterocycles. The fourth-order valence-electron chi connectivity index (χ4n) is 3.63. The van der Waals surface area contributed by atoms with E-state index in [2.05, 4.69) is 16.2 Å². The molecule has 7 heteroatoms. The molecule has 1 N–H and O–H groups in total. The summed E-state index contributed by atoms with van der Waals surface area (Å²) in [7, 11) is 0. The number of hydrogen-bond acceptors (Lipinski definition) is 4. The normalized spacial score (nSPS) is 18.2. The minimum Gasteiger partial charge on any atom is -0.340 e. The predicted molar refractivity (Wildman–Crippen MR) is 128 cm³/mol. The van der Waals surface area contributed by atoms with Crippen molar-refractivity contribution in [2.75, 3.05) is 6.54 Å². The first-order valence-corrected chi connectivity index (χ1v) is 12.1. The molecule has 1 aliphatic rings. The molecular formula is C24H32ClN3O2S. The van der Waals surface area contributed by atoms with E-state index in [0.717, 1.165) is 36.3 Å². The molecule has 1 aromatic rings. The van der Waals surface area contributed by atoms with E-state index in [0.29, 0.717) is 25.0 Å². The number of allylic oxidation sites excluding steroid dienone is 2. The van der Waals surface area contributed by atoms with Crippen LogP contribution in [-0.4, -0.2) is 34.3 Å². The minimum absolute atomic E-state index is 0.00159. The largest absolute Gasteiger partial charge is 0.340 e. The number of likely N-dealkylation sites (tertiary alicyclic amines) is 1. The zero-order valence-electron chi connectivity index (χ0n) is 18.6. The summed E-state index contributed by atoms with van der Waals surface area (Å²) in [5.74, 6) is 2.33. The van der Waals surface area contributed by atoms with Crippen LogP contribution in [0.4, 0.5) is 0 Å². The first kappa shape index (κ1) is 25.2. The Morgan fingerprint density at radius 3 is 2.87 bits per heavy atom. The summed E-state index contributed by atoms with van der Waals surface area (Å²) in [6, 6.07) is -0.572. The van der Waals surface area contributed by atoms with Gasteiger partial charge in [-0.15, -0.1) is 23.7 Å². The van der Waals surface area contributed by atoms with E-state index < -0.39 is 6.04 Å². The van der Waals surface area contributed by atoms with E-state index in [1.807, 2.05) is 30.2 Å². The highest BCUT2D eigenvalue weighted by Crippen LogP contribution is 2.33. The Bertz CT molecular complexity index is 840. The lowest BCUT2D eigenvalue weighted by Crippen LogP contribution is -2.51. The molecule has 0 aliphatic carbocycles. The molecule has 1 saturated heterocycles. The highest BCUT2D eigenvalue weighted by molar-refractivity contribution is 7.09. The van der Waals surface area contributed by atoms with Gasteiger partial charge in [-0.05, 0) is 44.9 Å². The number of amides is 2. The maximum Gasteiger partial charge on any atom is 0.247 e. The summed E-state index contributed by atoms with van der Waals surface area (Å²) in [6.07, 6.45) is 13.7. The lowest BCUT2D eigenvalue weighted by atomic mass is 10.0. The fourth-order valence-corrected chi connectivity index (χ4v) is 4.61. The number of carbonyl (C=O) groups excluding carboxylic acids is 2.